The Morgan fingerprint density at radius 2 is 1.88 bits per heavy atom. The summed E-state index contributed by atoms with van der Waals surface area (Å²) < 4.78 is 7.19. The molecule has 164 valence electrons. The highest BCUT2D eigenvalue weighted by molar-refractivity contribution is 7.99. The number of carbonyl (C=O) groups is 2. The summed E-state index contributed by atoms with van der Waals surface area (Å²) in [6.45, 7) is 3.26. The molecule has 1 aliphatic heterocycles. The SMILES string of the molecule is CCOC(=O)[C@@H]1CCCN(C(=O)CSc2nc3ccccc3c3nc4ccccc4n23)C1. The molecule has 7 nitrogen and oxygen atoms in total. The third-order valence-electron chi connectivity index (χ3n) is 5.83. The van der Waals surface area contributed by atoms with E-state index < -0.39 is 0 Å². The smallest absolute Gasteiger partial charge is 0.310 e. The van der Waals surface area contributed by atoms with Crippen molar-refractivity contribution in [3.05, 3.63) is 48.5 Å². The first-order valence-corrected chi connectivity index (χ1v) is 11.9. The molecule has 1 fully saturated rings. The standard InChI is InChI=1S/C24H24N4O3S/c1-2-31-23(30)16-8-7-13-27(14-16)21(29)15-32-24-26-18-10-4-3-9-17(18)22-25-19-11-5-6-12-20(19)28(22)24/h3-6,9-12,16H,2,7-8,13-15H2,1H3/t16-/m1/s1. The molecule has 0 unspecified atom stereocenters. The van der Waals surface area contributed by atoms with E-state index >= 15 is 0 Å². The summed E-state index contributed by atoms with van der Waals surface area (Å²) in [7, 11) is 0. The number of thioether (sulfide) groups is 1. The van der Waals surface area contributed by atoms with Gasteiger partial charge in [0.15, 0.2) is 5.16 Å². The van der Waals surface area contributed by atoms with Crippen molar-refractivity contribution < 1.29 is 14.3 Å². The van der Waals surface area contributed by atoms with Gasteiger partial charge < -0.3 is 9.64 Å². The Balaban J connectivity index is 1.42. The fourth-order valence-corrected chi connectivity index (χ4v) is 5.20. The van der Waals surface area contributed by atoms with Crippen LogP contribution in [-0.2, 0) is 14.3 Å². The third kappa shape index (κ3) is 3.79. The van der Waals surface area contributed by atoms with E-state index in [1.165, 1.54) is 11.8 Å². The van der Waals surface area contributed by atoms with Crippen LogP contribution in [0.15, 0.2) is 53.7 Å². The van der Waals surface area contributed by atoms with E-state index in [2.05, 4.69) is 0 Å². The Bertz CT molecular complexity index is 1320. The number of nitrogens with zero attached hydrogens (tertiary/aromatic N) is 4. The molecular weight excluding hydrogens is 424 g/mol. The number of esters is 1. The van der Waals surface area contributed by atoms with Crippen LogP contribution in [0.2, 0.25) is 0 Å². The van der Waals surface area contributed by atoms with Gasteiger partial charge in [0, 0.05) is 18.5 Å². The predicted molar refractivity (Wildman–Crippen MR) is 125 cm³/mol. The molecule has 5 rings (SSSR count). The summed E-state index contributed by atoms with van der Waals surface area (Å²) in [4.78, 5) is 36.6. The number of fused-ring (bicyclic) bond motifs is 5. The number of likely N-dealkylation sites (tertiary alicyclic amines) is 1. The van der Waals surface area contributed by atoms with Crippen LogP contribution < -0.4 is 0 Å². The highest BCUT2D eigenvalue weighted by Crippen LogP contribution is 2.29. The normalized spacial score (nSPS) is 16.7. The Hall–Kier alpha value is -3.13. The molecule has 1 atom stereocenters. The molecule has 2 aromatic carbocycles. The lowest BCUT2D eigenvalue weighted by Crippen LogP contribution is -2.43. The summed E-state index contributed by atoms with van der Waals surface area (Å²) in [6.07, 6.45) is 1.58. The average Bonchev–Trinajstić information content (AvgIpc) is 3.23. The van der Waals surface area contributed by atoms with Crippen LogP contribution in [0.5, 0.6) is 0 Å². The Kier molecular flexibility index (Phi) is 5.70. The minimum Gasteiger partial charge on any atom is -0.466 e. The molecule has 1 aliphatic rings. The second-order valence-electron chi connectivity index (χ2n) is 7.89. The molecule has 1 saturated heterocycles. The van der Waals surface area contributed by atoms with Crippen molar-refractivity contribution in [2.45, 2.75) is 24.9 Å². The molecule has 0 N–H and O–H groups in total. The fourth-order valence-electron chi connectivity index (χ4n) is 4.28. The van der Waals surface area contributed by atoms with Crippen LogP contribution in [-0.4, -0.2) is 56.6 Å². The molecule has 8 heteroatoms. The third-order valence-corrected chi connectivity index (χ3v) is 6.76. The first-order chi connectivity index (χ1) is 15.7. The largest absolute Gasteiger partial charge is 0.466 e. The lowest BCUT2D eigenvalue weighted by Gasteiger charge is -2.31. The van der Waals surface area contributed by atoms with Gasteiger partial charge in [-0.3, -0.25) is 14.0 Å². The second-order valence-corrected chi connectivity index (χ2v) is 8.83. The van der Waals surface area contributed by atoms with Crippen LogP contribution >= 0.6 is 11.8 Å². The molecular formula is C24H24N4O3S. The lowest BCUT2D eigenvalue weighted by atomic mass is 9.98. The van der Waals surface area contributed by atoms with Gasteiger partial charge in [-0.1, -0.05) is 36.0 Å². The van der Waals surface area contributed by atoms with Gasteiger partial charge in [-0.05, 0) is 44.0 Å². The van der Waals surface area contributed by atoms with Crippen LogP contribution in [0.1, 0.15) is 19.8 Å². The topological polar surface area (TPSA) is 76.8 Å². The fraction of sp³-hybridized carbons (Fsp3) is 0.333. The number of piperidine rings is 1. The zero-order chi connectivity index (χ0) is 22.1. The van der Waals surface area contributed by atoms with Crippen LogP contribution in [0.3, 0.4) is 0 Å². The van der Waals surface area contributed by atoms with Crippen LogP contribution in [0.4, 0.5) is 0 Å². The molecule has 0 radical (unpaired) electrons. The summed E-state index contributed by atoms with van der Waals surface area (Å²) in [5, 5.41) is 1.72. The van der Waals surface area contributed by atoms with Gasteiger partial charge >= 0.3 is 5.97 Å². The number of para-hydroxylation sites is 3. The van der Waals surface area contributed by atoms with Gasteiger partial charge in [-0.2, -0.15) is 0 Å². The summed E-state index contributed by atoms with van der Waals surface area (Å²) in [5.74, 6) is -0.180. The molecule has 0 spiro atoms. The van der Waals surface area contributed by atoms with E-state index in [0.29, 0.717) is 19.7 Å². The van der Waals surface area contributed by atoms with Crippen molar-refractivity contribution in [2.75, 3.05) is 25.4 Å². The lowest BCUT2D eigenvalue weighted by molar-refractivity contribution is -0.151. The minimum atomic E-state index is -0.235. The maximum absolute atomic E-state index is 13.0. The van der Waals surface area contributed by atoms with Gasteiger partial charge in [0.25, 0.3) is 0 Å². The van der Waals surface area contributed by atoms with E-state index in [0.717, 1.165) is 45.6 Å². The molecule has 2 aromatic heterocycles. The Labute approximate surface area is 189 Å². The molecule has 1 amide bonds. The number of ether oxygens (including phenoxy) is 1. The van der Waals surface area contributed by atoms with Crippen molar-refractivity contribution in [3.8, 4) is 0 Å². The van der Waals surface area contributed by atoms with Gasteiger partial charge in [0.05, 0.1) is 34.8 Å². The quantitative estimate of drug-likeness (QED) is 0.262. The Morgan fingerprint density at radius 1 is 1.09 bits per heavy atom. The number of hydrogen-bond acceptors (Lipinski definition) is 6. The first kappa shape index (κ1) is 20.8. The van der Waals surface area contributed by atoms with Gasteiger partial charge in [-0.25, -0.2) is 9.97 Å². The molecule has 0 saturated carbocycles. The van der Waals surface area contributed by atoms with Gasteiger partial charge in [-0.15, -0.1) is 0 Å². The Morgan fingerprint density at radius 3 is 2.72 bits per heavy atom. The number of rotatable bonds is 5. The summed E-state index contributed by atoms with van der Waals surface area (Å²) >= 11 is 1.41. The first-order valence-electron chi connectivity index (χ1n) is 10.9. The molecule has 0 aliphatic carbocycles. The van der Waals surface area contributed by atoms with Crippen molar-refractivity contribution in [3.63, 3.8) is 0 Å². The highest BCUT2D eigenvalue weighted by atomic mass is 32.2. The van der Waals surface area contributed by atoms with Crippen LogP contribution in [0.25, 0.3) is 27.6 Å². The summed E-state index contributed by atoms with van der Waals surface area (Å²) in [5.41, 5.74) is 3.56. The molecule has 4 aromatic rings. The van der Waals surface area contributed by atoms with Gasteiger partial charge in [0.2, 0.25) is 5.91 Å². The van der Waals surface area contributed by atoms with Crippen molar-refractivity contribution in [1.29, 1.82) is 0 Å². The van der Waals surface area contributed by atoms with Crippen molar-refractivity contribution in [1.82, 2.24) is 19.3 Å². The number of imidazole rings is 1. The van der Waals surface area contributed by atoms with E-state index in [1.54, 1.807) is 11.8 Å². The highest BCUT2D eigenvalue weighted by Gasteiger charge is 2.29. The van der Waals surface area contributed by atoms with Crippen molar-refractivity contribution >= 4 is 51.2 Å². The molecule has 3 heterocycles. The number of amides is 1. The minimum absolute atomic E-state index is 0.0107. The number of carbonyl (C=O) groups excluding carboxylic acids is 2. The van der Waals surface area contributed by atoms with Gasteiger partial charge in [0.1, 0.15) is 5.65 Å². The van der Waals surface area contributed by atoms with E-state index in [4.69, 9.17) is 14.7 Å². The van der Waals surface area contributed by atoms with E-state index in [9.17, 15) is 9.59 Å². The second kappa shape index (κ2) is 8.78. The maximum Gasteiger partial charge on any atom is 0.310 e. The predicted octanol–water partition coefficient (Wildman–Crippen LogP) is 3.93. The summed E-state index contributed by atoms with van der Waals surface area (Å²) in [6, 6.07) is 15.9. The molecule has 0 bridgehead atoms. The zero-order valence-electron chi connectivity index (χ0n) is 17.9. The van der Waals surface area contributed by atoms with E-state index in [-0.39, 0.29) is 23.5 Å². The average molecular weight is 449 g/mol. The van der Waals surface area contributed by atoms with Crippen molar-refractivity contribution in [2.24, 2.45) is 5.92 Å². The monoisotopic (exact) mass is 448 g/mol. The number of hydrogen-bond donors (Lipinski definition) is 0. The number of aromatic nitrogens is 3. The van der Waals surface area contributed by atoms with Crippen LogP contribution in [0, 0.1) is 5.92 Å². The zero-order valence-corrected chi connectivity index (χ0v) is 18.7. The maximum atomic E-state index is 13.0. The molecule has 32 heavy (non-hydrogen) atoms. The number of benzene rings is 2. The van der Waals surface area contributed by atoms with E-state index in [1.807, 2.05) is 52.9 Å².